The van der Waals surface area contributed by atoms with Gasteiger partial charge in [-0.25, -0.2) is 4.98 Å². The number of aromatic nitrogens is 2. The summed E-state index contributed by atoms with van der Waals surface area (Å²) in [4.78, 5) is 18.4. The maximum absolute atomic E-state index is 12.3. The maximum Gasteiger partial charge on any atom is 0.270 e. The average molecular weight is 354 g/mol. The van der Waals surface area contributed by atoms with E-state index in [1.54, 1.807) is 0 Å². The zero-order valence-corrected chi connectivity index (χ0v) is 14.0. The van der Waals surface area contributed by atoms with Gasteiger partial charge in [0.25, 0.3) is 5.69 Å². The number of nitrogens with one attached hydrogen (secondary N) is 1. The summed E-state index contributed by atoms with van der Waals surface area (Å²) in [5.41, 5.74) is 1.60. The van der Waals surface area contributed by atoms with Crippen molar-refractivity contribution in [2.45, 2.75) is 0 Å². The van der Waals surface area contributed by atoms with E-state index in [0.29, 0.717) is 5.82 Å². The van der Waals surface area contributed by atoms with Crippen molar-refractivity contribution in [2.75, 3.05) is 0 Å². The number of aromatic amines is 1. The monoisotopic (exact) mass is 354 g/mol. The lowest BCUT2D eigenvalue weighted by molar-refractivity contribution is -0.385. The second-order valence-corrected chi connectivity index (χ2v) is 6.34. The first kappa shape index (κ1) is 15.3. The molecule has 4 aromatic carbocycles. The Morgan fingerprint density at radius 3 is 2.19 bits per heavy atom. The van der Waals surface area contributed by atoms with Crippen LogP contribution in [-0.4, -0.2) is 14.9 Å². The number of nitro groups is 1. The molecular formula is C21H12N3O3-. The summed E-state index contributed by atoms with van der Waals surface area (Å²) in [6, 6.07) is 19.6. The van der Waals surface area contributed by atoms with E-state index in [1.807, 2.05) is 48.5 Å². The summed E-state index contributed by atoms with van der Waals surface area (Å²) in [5.74, 6) is 0.0217. The molecule has 0 aliphatic heterocycles. The number of H-pyrrole nitrogens is 1. The van der Waals surface area contributed by atoms with Crippen LogP contribution in [0.15, 0.2) is 66.7 Å². The molecule has 27 heavy (non-hydrogen) atoms. The van der Waals surface area contributed by atoms with E-state index in [2.05, 4.69) is 9.97 Å². The van der Waals surface area contributed by atoms with E-state index in [1.165, 1.54) is 18.2 Å². The first-order chi connectivity index (χ1) is 13.1. The molecule has 1 heterocycles. The second kappa shape index (κ2) is 5.54. The van der Waals surface area contributed by atoms with Gasteiger partial charge in [-0.15, -0.1) is 0 Å². The smallest absolute Gasteiger partial charge is 0.270 e. The fourth-order valence-corrected chi connectivity index (χ4v) is 3.57. The van der Waals surface area contributed by atoms with Gasteiger partial charge in [0, 0.05) is 28.5 Å². The summed E-state index contributed by atoms with van der Waals surface area (Å²) in [6.45, 7) is 0. The Morgan fingerprint density at radius 1 is 0.852 bits per heavy atom. The fourth-order valence-electron chi connectivity index (χ4n) is 3.57. The van der Waals surface area contributed by atoms with Crippen LogP contribution in [0.1, 0.15) is 0 Å². The van der Waals surface area contributed by atoms with Gasteiger partial charge in [0.1, 0.15) is 5.82 Å². The summed E-state index contributed by atoms with van der Waals surface area (Å²) in [5, 5.41) is 27.5. The van der Waals surface area contributed by atoms with Gasteiger partial charge in [-0.05, 0) is 10.8 Å². The molecule has 6 heteroatoms. The zero-order valence-electron chi connectivity index (χ0n) is 14.0. The van der Waals surface area contributed by atoms with E-state index in [-0.39, 0.29) is 17.0 Å². The van der Waals surface area contributed by atoms with Crippen LogP contribution in [0.4, 0.5) is 5.69 Å². The van der Waals surface area contributed by atoms with Crippen LogP contribution < -0.4 is 5.11 Å². The number of imidazole rings is 1. The van der Waals surface area contributed by atoms with Crippen LogP contribution in [0.2, 0.25) is 0 Å². The number of fused-ring (bicyclic) bond motifs is 6. The average Bonchev–Trinajstić information content (AvgIpc) is 3.14. The molecule has 0 fully saturated rings. The molecule has 0 radical (unpaired) electrons. The molecule has 0 aliphatic carbocycles. The zero-order chi connectivity index (χ0) is 18.5. The van der Waals surface area contributed by atoms with Crippen molar-refractivity contribution in [3.8, 4) is 17.1 Å². The Morgan fingerprint density at radius 2 is 1.48 bits per heavy atom. The lowest BCUT2D eigenvalue weighted by atomic mass is 10.0. The van der Waals surface area contributed by atoms with Gasteiger partial charge in [-0.2, -0.15) is 0 Å². The predicted octanol–water partition coefficient (Wildman–Crippen LogP) is 4.52. The maximum atomic E-state index is 12.3. The van der Waals surface area contributed by atoms with Crippen LogP contribution in [-0.2, 0) is 0 Å². The highest BCUT2D eigenvalue weighted by atomic mass is 16.6. The third-order valence-corrected chi connectivity index (χ3v) is 4.80. The Balaban J connectivity index is 1.90. The van der Waals surface area contributed by atoms with Crippen LogP contribution in [0.3, 0.4) is 0 Å². The third kappa shape index (κ3) is 2.23. The highest BCUT2D eigenvalue weighted by molar-refractivity contribution is 6.23. The summed E-state index contributed by atoms with van der Waals surface area (Å²) in [6.07, 6.45) is 0. The van der Waals surface area contributed by atoms with Gasteiger partial charge < -0.3 is 10.1 Å². The topological polar surface area (TPSA) is 94.9 Å². The Kier molecular flexibility index (Phi) is 3.14. The highest BCUT2D eigenvalue weighted by Crippen LogP contribution is 2.37. The van der Waals surface area contributed by atoms with E-state index < -0.39 is 4.92 Å². The highest BCUT2D eigenvalue weighted by Gasteiger charge is 2.15. The number of hydrogen-bond acceptors (Lipinski definition) is 4. The largest absolute Gasteiger partial charge is 0.872 e. The number of nitrogens with zero attached hydrogens (tertiary/aromatic N) is 2. The molecule has 0 spiro atoms. The van der Waals surface area contributed by atoms with Crippen molar-refractivity contribution in [3.05, 3.63) is 76.8 Å². The minimum Gasteiger partial charge on any atom is -0.872 e. The lowest BCUT2D eigenvalue weighted by Crippen LogP contribution is -1.96. The Labute approximate surface area is 152 Å². The second-order valence-electron chi connectivity index (χ2n) is 6.34. The molecule has 0 saturated carbocycles. The first-order valence-corrected chi connectivity index (χ1v) is 8.38. The normalized spacial score (nSPS) is 11.4. The molecule has 0 bridgehead atoms. The molecule has 1 aromatic heterocycles. The van der Waals surface area contributed by atoms with Crippen molar-refractivity contribution in [1.82, 2.24) is 9.97 Å². The molecule has 0 unspecified atom stereocenters. The Hall–Kier alpha value is -3.93. The SMILES string of the molecule is O=[N+]([O-])c1ccc([O-])c(-c2nc3c4ccccc4c4ccccc4c3[nH]2)c1. The number of hydrogen-bond donors (Lipinski definition) is 1. The Bertz CT molecular complexity index is 1300. The van der Waals surface area contributed by atoms with Crippen molar-refractivity contribution >= 4 is 38.3 Å². The number of rotatable bonds is 2. The number of benzene rings is 4. The van der Waals surface area contributed by atoms with E-state index in [9.17, 15) is 15.2 Å². The molecular weight excluding hydrogens is 342 g/mol. The van der Waals surface area contributed by atoms with Gasteiger partial charge >= 0.3 is 0 Å². The van der Waals surface area contributed by atoms with Gasteiger partial charge in [0.05, 0.1) is 16.0 Å². The molecule has 5 aromatic rings. The number of non-ortho nitro benzene ring substituents is 1. The first-order valence-electron chi connectivity index (χ1n) is 8.38. The van der Waals surface area contributed by atoms with Crippen LogP contribution >= 0.6 is 0 Å². The predicted molar refractivity (Wildman–Crippen MR) is 103 cm³/mol. The van der Waals surface area contributed by atoms with Gasteiger partial charge in [-0.1, -0.05) is 60.3 Å². The summed E-state index contributed by atoms with van der Waals surface area (Å²) >= 11 is 0. The van der Waals surface area contributed by atoms with E-state index in [4.69, 9.17) is 0 Å². The van der Waals surface area contributed by atoms with Gasteiger partial charge in [0.15, 0.2) is 0 Å². The summed E-state index contributed by atoms with van der Waals surface area (Å²) in [7, 11) is 0. The molecule has 0 amide bonds. The van der Waals surface area contributed by atoms with Crippen LogP contribution in [0, 0.1) is 10.1 Å². The number of nitro benzene ring substituents is 1. The fraction of sp³-hybridized carbons (Fsp3) is 0. The molecule has 0 aliphatic rings. The van der Waals surface area contributed by atoms with Crippen molar-refractivity contribution in [1.29, 1.82) is 0 Å². The molecule has 0 atom stereocenters. The third-order valence-electron chi connectivity index (χ3n) is 4.80. The molecule has 6 nitrogen and oxygen atoms in total. The summed E-state index contributed by atoms with van der Waals surface area (Å²) < 4.78 is 0. The minimum atomic E-state index is -0.517. The molecule has 0 saturated heterocycles. The van der Waals surface area contributed by atoms with Crippen molar-refractivity contribution in [3.63, 3.8) is 0 Å². The standard InChI is InChI=1S/C21H13N3O3/c25-18-10-9-12(24(26)27)11-17(18)21-22-19-15-7-3-1-5-13(15)14-6-2-4-8-16(14)20(19)23-21/h1-11,25H,(H,22,23)/p-1. The van der Waals surface area contributed by atoms with Crippen LogP contribution in [0.5, 0.6) is 5.75 Å². The van der Waals surface area contributed by atoms with E-state index in [0.717, 1.165) is 32.6 Å². The van der Waals surface area contributed by atoms with Crippen LogP contribution in [0.25, 0.3) is 44.0 Å². The van der Waals surface area contributed by atoms with Crippen molar-refractivity contribution < 1.29 is 10.0 Å². The quantitative estimate of drug-likeness (QED) is 0.286. The van der Waals surface area contributed by atoms with Gasteiger partial charge in [0.2, 0.25) is 0 Å². The van der Waals surface area contributed by atoms with E-state index >= 15 is 0 Å². The molecule has 130 valence electrons. The minimum absolute atomic E-state index is 0.139. The molecule has 5 rings (SSSR count). The molecule has 1 N–H and O–H groups in total. The van der Waals surface area contributed by atoms with Gasteiger partial charge in [-0.3, -0.25) is 10.1 Å². The van der Waals surface area contributed by atoms with Crippen molar-refractivity contribution in [2.24, 2.45) is 0 Å². The lowest BCUT2D eigenvalue weighted by Gasteiger charge is -2.10.